The fourth-order valence-corrected chi connectivity index (χ4v) is 2.83. The zero-order valence-corrected chi connectivity index (χ0v) is 14.7. The maximum Gasteiger partial charge on any atom is 0.251 e. The van der Waals surface area contributed by atoms with E-state index in [1.165, 1.54) is 0 Å². The molecule has 0 aliphatic rings. The Hall–Kier alpha value is -1.36. The van der Waals surface area contributed by atoms with E-state index in [0.717, 1.165) is 9.13 Å². The van der Waals surface area contributed by atoms with Crippen LogP contribution in [0.1, 0.15) is 42.7 Å². The lowest BCUT2D eigenvalue weighted by Crippen LogP contribution is -2.36. The first-order valence-corrected chi connectivity index (χ1v) is 8.07. The smallest absolute Gasteiger partial charge is 0.251 e. The van der Waals surface area contributed by atoms with Gasteiger partial charge in [0.25, 0.3) is 5.91 Å². The molecule has 21 heavy (non-hydrogen) atoms. The van der Waals surface area contributed by atoms with Gasteiger partial charge in [0.15, 0.2) is 0 Å². The average Bonchev–Trinajstić information content (AvgIpc) is 2.44. The highest BCUT2D eigenvalue weighted by Gasteiger charge is 2.28. The van der Waals surface area contributed by atoms with Crippen LogP contribution in [0.25, 0.3) is 0 Å². The van der Waals surface area contributed by atoms with Gasteiger partial charge in [-0.2, -0.15) is 0 Å². The number of halogens is 1. The minimum Gasteiger partial charge on any atom is -0.345 e. The molecule has 3 heteroatoms. The van der Waals surface area contributed by atoms with E-state index >= 15 is 0 Å². The number of hydrogen-bond acceptors (Lipinski definition) is 1. The van der Waals surface area contributed by atoms with E-state index in [1.807, 2.05) is 42.5 Å². The van der Waals surface area contributed by atoms with E-state index in [0.29, 0.717) is 5.56 Å². The van der Waals surface area contributed by atoms with Crippen LogP contribution in [0.4, 0.5) is 0 Å². The maximum absolute atomic E-state index is 12.5. The van der Waals surface area contributed by atoms with E-state index in [-0.39, 0.29) is 17.4 Å². The van der Waals surface area contributed by atoms with Crippen molar-refractivity contribution in [3.05, 3.63) is 69.3 Å². The van der Waals surface area contributed by atoms with Crippen LogP contribution >= 0.6 is 22.6 Å². The van der Waals surface area contributed by atoms with Gasteiger partial charge >= 0.3 is 0 Å². The van der Waals surface area contributed by atoms with Gasteiger partial charge in [-0.25, -0.2) is 0 Å². The van der Waals surface area contributed by atoms with Crippen LogP contribution < -0.4 is 5.32 Å². The molecule has 1 atom stereocenters. The van der Waals surface area contributed by atoms with Crippen molar-refractivity contribution in [3.63, 3.8) is 0 Å². The molecule has 2 rings (SSSR count). The Kier molecular flexibility index (Phi) is 5.04. The molecule has 2 aromatic carbocycles. The first-order chi connectivity index (χ1) is 9.88. The van der Waals surface area contributed by atoms with Gasteiger partial charge in [-0.1, -0.05) is 57.2 Å². The molecule has 0 aliphatic heterocycles. The molecule has 0 aliphatic carbocycles. The Labute approximate surface area is 140 Å². The molecule has 1 N–H and O–H groups in total. The summed E-state index contributed by atoms with van der Waals surface area (Å²) in [5, 5.41) is 3.17. The van der Waals surface area contributed by atoms with Crippen LogP contribution in [0.3, 0.4) is 0 Å². The Morgan fingerprint density at radius 3 is 2.29 bits per heavy atom. The number of rotatable bonds is 3. The molecule has 2 nitrogen and oxygen atoms in total. The molecule has 0 radical (unpaired) electrons. The summed E-state index contributed by atoms with van der Waals surface area (Å²) >= 11 is 2.22. The summed E-state index contributed by atoms with van der Waals surface area (Å²) in [7, 11) is 0. The summed E-state index contributed by atoms with van der Waals surface area (Å²) < 4.78 is 1.06. The van der Waals surface area contributed by atoms with Crippen molar-refractivity contribution >= 4 is 28.5 Å². The van der Waals surface area contributed by atoms with E-state index in [9.17, 15) is 4.79 Å². The molecular weight excluding hydrogens is 373 g/mol. The minimum absolute atomic E-state index is 0.0240. The Balaban J connectivity index is 2.26. The van der Waals surface area contributed by atoms with Gasteiger partial charge in [-0.05, 0) is 51.8 Å². The van der Waals surface area contributed by atoms with E-state index in [2.05, 4.69) is 60.8 Å². The standard InChI is InChI=1S/C18H20INO/c1-18(2,3)16(13-8-5-4-6-9-13)20-17(21)14-10-7-11-15(19)12-14/h4-12,16H,1-3H3,(H,20,21). The lowest BCUT2D eigenvalue weighted by atomic mass is 9.82. The first kappa shape index (κ1) is 16.0. The highest BCUT2D eigenvalue weighted by atomic mass is 127. The number of nitrogens with one attached hydrogen (secondary N) is 1. The minimum atomic E-state index is -0.0566. The zero-order chi connectivity index (χ0) is 15.5. The molecule has 2 aromatic rings. The third kappa shape index (κ3) is 4.30. The summed E-state index contributed by atoms with van der Waals surface area (Å²) in [5.41, 5.74) is 1.77. The normalized spacial score (nSPS) is 12.8. The second-order valence-corrected chi connectivity index (χ2v) is 7.44. The zero-order valence-electron chi connectivity index (χ0n) is 12.6. The summed E-state index contributed by atoms with van der Waals surface area (Å²) in [6, 6.07) is 17.7. The monoisotopic (exact) mass is 393 g/mol. The Morgan fingerprint density at radius 1 is 1.05 bits per heavy atom. The first-order valence-electron chi connectivity index (χ1n) is 6.99. The summed E-state index contributed by atoms with van der Waals surface area (Å²) in [6.45, 7) is 6.42. The average molecular weight is 393 g/mol. The van der Waals surface area contributed by atoms with Crippen LogP contribution in [0, 0.1) is 8.99 Å². The number of hydrogen-bond donors (Lipinski definition) is 1. The van der Waals surface area contributed by atoms with Gasteiger partial charge in [0.05, 0.1) is 6.04 Å². The van der Waals surface area contributed by atoms with Crippen molar-refractivity contribution in [2.24, 2.45) is 5.41 Å². The highest BCUT2D eigenvalue weighted by Crippen LogP contribution is 2.32. The molecule has 110 valence electrons. The molecule has 1 amide bonds. The van der Waals surface area contributed by atoms with Gasteiger partial charge in [0.1, 0.15) is 0 Å². The quantitative estimate of drug-likeness (QED) is 0.746. The van der Waals surface area contributed by atoms with Gasteiger partial charge in [0, 0.05) is 9.13 Å². The van der Waals surface area contributed by atoms with Gasteiger partial charge in [-0.3, -0.25) is 4.79 Å². The predicted octanol–water partition coefficient (Wildman–Crippen LogP) is 4.81. The van der Waals surface area contributed by atoms with E-state index in [4.69, 9.17) is 0 Å². The topological polar surface area (TPSA) is 29.1 Å². The number of carbonyl (C=O) groups excluding carboxylic acids is 1. The van der Waals surface area contributed by atoms with Crippen LogP contribution in [0.2, 0.25) is 0 Å². The van der Waals surface area contributed by atoms with E-state index in [1.54, 1.807) is 0 Å². The molecule has 0 fully saturated rings. The summed E-state index contributed by atoms with van der Waals surface area (Å²) in [6.07, 6.45) is 0. The molecule has 0 saturated carbocycles. The van der Waals surface area contributed by atoms with Crippen molar-refractivity contribution in [1.29, 1.82) is 0 Å². The van der Waals surface area contributed by atoms with Crippen molar-refractivity contribution in [1.82, 2.24) is 5.32 Å². The second-order valence-electron chi connectivity index (χ2n) is 6.19. The van der Waals surface area contributed by atoms with Crippen LogP contribution in [0.5, 0.6) is 0 Å². The van der Waals surface area contributed by atoms with Crippen molar-refractivity contribution in [3.8, 4) is 0 Å². The lowest BCUT2D eigenvalue weighted by molar-refractivity contribution is 0.0901. The lowest BCUT2D eigenvalue weighted by Gasteiger charge is -2.32. The van der Waals surface area contributed by atoms with Crippen LogP contribution in [-0.4, -0.2) is 5.91 Å². The summed E-state index contributed by atoms with van der Waals surface area (Å²) in [4.78, 5) is 12.5. The SMILES string of the molecule is CC(C)(C)C(NC(=O)c1cccc(I)c1)c1ccccc1. The molecule has 0 bridgehead atoms. The fraction of sp³-hybridized carbons (Fsp3) is 0.278. The maximum atomic E-state index is 12.5. The fourth-order valence-electron chi connectivity index (χ4n) is 2.29. The Morgan fingerprint density at radius 2 is 1.71 bits per heavy atom. The van der Waals surface area contributed by atoms with Crippen molar-refractivity contribution < 1.29 is 4.79 Å². The third-order valence-electron chi connectivity index (χ3n) is 3.36. The van der Waals surface area contributed by atoms with E-state index < -0.39 is 0 Å². The largest absolute Gasteiger partial charge is 0.345 e. The molecule has 0 heterocycles. The molecule has 1 unspecified atom stereocenters. The summed E-state index contributed by atoms with van der Waals surface area (Å²) in [5.74, 6) is -0.0303. The molecule has 0 aromatic heterocycles. The van der Waals surface area contributed by atoms with Crippen LogP contribution in [0.15, 0.2) is 54.6 Å². The van der Waals surface area contributed by atoms with Crippen LogP contribution in [-0.2, 0) is 0 Å². The van der Waals surface area contributed by atoms with Crippen molar-refractivity contribution in [2.45, 2.75) is 26.8 Å². The Bertz CT molecular complexity index is 617. The number of carbonyl (C=O) groups is 1. The highest BCUT2D eigenvalue weighted by molar-refractivity contribution is 14.1. The van der Waals surface area contributed by atoms with Crippen molar-refractivity contribution in [2.75, 3.05) is 0 Å². The predicted molar refractivity (Wildman–Crippen MR) is 95.3 cm³/mol. The second kappa shape index (κ2) is 6.60. The molecule has 0 saturated heterocycles. The molecular formula is C18H20INO. The number of amides is 1. The van der Waals surface area contributed by atoms with Gasteiger partial charge in [-0.15, -0.1) is 0 Å². The third-order valence-corrected chi connectivity index (χ3v) is 4.03. The molecule has 0 spiro atoms. The van der Waals surface area contributed by atoms with Gasteiger partial charge in [0.2, 0.25) is 0 Å². The van der Waals surface area contributed by atoms with Gasteiger partial charge < -0.3 is 5.32 Å². The number of benzene rings is 2.